The van der Waals surface area contributed by atoms with Crippen LogP contribution in [-0.2, 0) is 20.2 Å². The van der Waals surface area contributed by atoms with Gasteiger partial charge in [-0.05, 0) is 31.0 Å². The summed E-state index contributed by atoms with van der Waals surface area (Å²) < 4.78 is 46.0. The molecule has 1 spiro atoms. The quantitative estimate of drug-likeness (QED) is 0.815. The lowest BCUT2D eigenvalue weighted by molar-refractivity contribution is -0.191. The highest BCUT2D eigenvalue weighted by atomic mass is 35.5. The molecule has 1 aromatic carbocycles. The third kappa shape index (κ3) is 3.59. The number of rotatable bonds is 3. The number of halogens is 3. The van der Waals surface area contributed by atoms with E-state index in [4.69, 9.17) is 25.8 Å². The maximum Gasteiger partial charge on any atom is 0.353 e. The molecule has 1 amide bonds. The molecule has 3 rings (SSSR count). The van der Waals surface area contributed by atoms with Crippen molar-refractivity contribution in [3.05, 3.63) is 28.8 Å². The van der Waals surface area contributed by atoms with E-state index >= 15 is 0 Å². The fourth-order valence-corrected chi connectivity index (χ4v) is 3.49. The number of ether oxygens (including phenoxy) is 3. The number of hydrogen-bond donors (Lipinski definition) is 0. The van der Waals surface area contributed by atoms with Crippen LogP contribution in [0.25, 0.3) is 0 Å². The minimum absolute atomic E-state index is 0.0771. The number of hydrogen-bond acceptors (Lipinski definition) is 4. The number of benzene rings is 1. The van der Waals surface area contributed by atoms with Crippen LogP contribution in [0.2, 0.25) is 5.02 Å². The number of nitrogens with zero attached hydrogens (tertiary/aromatic N) is 1. The van der Waals surface area contributed by atoms with Crippen molar-refractivity contribution < 1.29 is 27.8 Å². The predicted octanol–water partition coefficient (Wildman–Crippen LogP) is 2.85. The molecule has 1 atom stereocenters. The van der Waals surface area contributed by atoms with Gasteiger partial charge in [0.15, 0.2) is 0 Å². The molecule has 2 aliphatic heterocycles. The van der Waals surface area contributed by atoms with E-state index < -0.39 is 23.0 Å². The van der Waals surface area contributed by atoms with Gasteiger partial charge in [0.1, 0.15) is 11.4 Å². The largest absolute Gasteiger partial charge is 0.496 e. The smallest absolute Gasteiger partial charge is 0.353 e. The van der Waals surface area contributed by atoms with Crippen LogP contribution in [-0.4, -0.2) is 56.4 Å². The van der Waals surface area contributed by atoms with E-state index in [1.807, 2.05) is 0 Å². The molecule has 1 unspecified atom stereocenters. The van der Waals surface area contributed by atoms with Gasteiger partial charge in [0.05, 0.1) is 32.4 Å². The van der Waals surface area contributed by atoms with Crippen molar-refractivity contribution in [2.75, 3.05) is 40.0 Å². The molecule has 0 radical (unpaired) electrons. The second-order valence-corrected chi connectivity index (χ2v) is 6.77. The van der Waals surface area contributed by atoms with Crippen LogP contribution < -0.4 is 4.74 Å². The molecule has 0 N–H and O–H groups in total. The Morgan fingerprint density at radius 2 is 2.20 bits per heavy atom. The van der Waals surface area contributed by atoms with E-state index in [-0.39, 0.29) is 30.5 Å². The average molecular weight is 376 g/mol. The van der Waals surface area contributed by atoms with Crippen molar-refractivity contribution >= 4 is 17.5 Å². The summed E-state index contributed by atoms with van der Waals surface area (Å²) in [5.41, 5.74) is -1.23. The predicted molar refractivity (Wildman–Crippen MR) is 87.2 cm³/mol. The number of morpholine rings is 1. The summed E-state index contributed by atoms with van der Waals surface area (Å²) in [6.07, 6.45) is 1.46. The number of amides is 1. The summed E-state index contributed by atoms with van der Waals surface area (Å²) in [7, 11) is 1.27. The Balaban J connectivity index is 1.84. The molecule has 0 aromatic heterocycles. The molecule has 2 fully saturated rings. The molecular formula is C17H20ClF2NO4. The molecule has 25 heavy (non-hydrogen) atoms. The van der Waals surface area contributed by atoms with Gasteiger partial charge in [-0.2, -0.15) is 8.78 Å². The fourth-order valence-electron chi connectivity index (χ4n) is 3.32. The number of alkyl halides is 2. The van der Waals surface area contributed by atoms with Gasteiger partial charge in [-0.15, -0.1) is 0 Å². The summed E-state index contributed by atoms with van der Waals surface area (Å²) >= 11 is 5.84. The highest BCUT2D eigenvalue weighted by Gasteiger charge is 2.49. The van der Waals surface area contributed by atoms with Gasteiger partial charge in [-0.1, -0.05) is 11.6 Å². The Hall–Kier alpha value is -1.44. The molecular weight excluding hydrogens is 356 g/mol. The summed E-state index contributed by atoms with van der Waals surface area (Å²) in [6, 6.07) is 3.83. The van der Waals surface area contributed by atoms with Crippen molar-refractivity contribution in [3.8, 4) is 5.75 Å². The fraction of sp³-hybridized carbons (Fsp3) is 0.588. The zero-order valence-electron chi connectivity index (χ0n) is 13.9. The SMILES string of the molecule is COc1ccc(Cl)cc1C(F)(F)C(=O)N1CCOC2(CCCOC2)C1. The Labute approximate surface area is 149 Å². The molecule has 138 valence electrons. The lowest BCUT2D eigenvalue weighted by Gasteiger charge is -2.45. The van der Waals surface area contributed by atoms with Crippen LogP contribution in [0.1, 0.15) is 18.4 Å². The Bertz CT molecular complexity index is 644. The van der Waals surface area contributed by atoms with Crippen LogP contribution in [0, 0.1) is 0 Å². The first-order valence-electron chi connectivity index (χ1n) is 8.11. The van der Waals surface area contributed by atoms with Gasteiger partial charge in [0, 0.05) is 18.2 Å². The van der Waals surface area contributed by atoms with Crippen molar-refractivity contribution in [2.24, 2.45) is 0 Å². The maximum atomic E-state index is 14.9. The number of methoxy groups -OCH3 is 1. The molecule has 0 bridgehead atoms. The standard InChI is InChI=1S/C17H20ClF2NO4/c1-23-14-4-3-12(18)9-13(14)17(19,20)15(22)21-6-8-25-16(10-21)5-2-7-24-11-16/h3-4,9H,2,5-8,10-11H2,1H3. The van der Waals surface area contributed by atoms with E-state index in [0.29, 0.717) is 19.6 Å². The van der Waals surface area contributed by atoms with E-state index in [1.54, 1.807) is 0 Å². The van der Waals surface area contributed by atoms with Gasteiger partial charge in [0.25, 0.3) is 5.91 Å². The number of carbonyl (C=O) groups excluding carboxylic acids is 1. The summed E-state index contributed by atoms with van der Waals surface area (Å²) in [4.78, 5) is 13.8. The van der Waals surface area contributed by atoms with Gasteiger partial charge < -0.3 is 19.1 Å². The van der Waals surface area contributed by atoms with Crippen molar-refractivity contribution in [3.63, 3.8) is 0 Å². The topological polar surface area (TPSA) is 48.0 Å². The molecule has 2 heterocycles. The third-order valence-electron chi connectivity index (χ3n) is 4.59. The van der Waals surface area contributed by atoms with Crippen molar-refractivity contribution in [1.29, 1.82) is 0 Å². The Kier molecular flexibility index (Phi) is 5.18. The molecule has 8 heteroatoms. The monoisotopic (exact) mass is 375 g/mol. The summed E-state index contributed by atoms with van der Waals surface area (Å²) in [5, 5.41) is 0.113. The second kappa shape index (κ2) is 7.05. The normalized spacial score (nSPS) is 24.4. The molecule has 0 saturated carbocycles. The Morgan fingerprint density at radius 3 is 2.88 bits per heavy atom. The second-order valence-electron chi connectivity index (χ2n) is 6.33. The zero-order valence-corrected chi connectivity index (χ0v) is 14.7. The lowest BCUT2D eigenvalue weighted by Crippen LogP contribution is -2.59. The van der Waals surface area contributed by atoms with Gasteiger partial charge in [-0.25, -0.2) is 0 Å². The first-order valence-corrected chi connectivity index (χ1v) is 8.49. The van der Waals surface area contributed by atoms with Crippen LogP contribution in [0.5, 0.6) is 5.75 Å². The van der Waals surface area contributed by atoms with Crippen LogP contribution in [0.3, 0.4) is 0 Å². The molecule has 2 saturated heterocycles. The highest BCUT2D eigenvalue weighted by molar-refractivity contribution is 6.30. The van der Waals surface area contributed by atoms with Crippen LogP contribution in [0.15, 0.2) is 18.2 Å². The molecule has 2 aliphatic rings. The highest BCUT2D eigenvalue weighted by Crippen LogP contribution is 2.39. The number of carbonyl (C=O) groups is 1. The van der Waals surface area contributed by atoms with Crippen molar-refractivity contribution in [2.45, 2.75) is 24.4 Å². The van der Waals surface area contributed by atoms with E-state index in [9.17, 15) is 13.6 Å². The minimum atomic E-state index is -3.75. The third-order valence-corrected chi connectivity index (χ3v) is 4.83. The first-order chi connectivity index (χ1) is 11.9. The van der Waals surface area contributed by atoms with E-state index in [1.165, 1.54) is 19.2 Å². The average Bonchev–Trinajstić information content (AvgIpc) is 2.61. The first kappa shape index (κ1) is 18.4. The van der Waals surface area contributed by atoms with Crippen LogP contribution in [0.4, 0.5) is 8.78 Å². The summed E-state index contributed by atoms with van der Waals surface area (Å²) in [5.74, 6) is -5.10. The molecule has 1 aromatic rings. The van der Waals surface area contributed by atoms with Gasteiger partial charge in [0.2, 0.25) is 0 Å². The summed E-state index contributed by atoms with van der Waals surface area (Å²) in [6.45, 7) is 1.33. The molecule has 5 nitrogen and oxygen atoms in total. The Morgan fingerprint density at radius 1 is 1.40 bits per heavy atom. The minimum Gasteiger partial charge on any atom is -0.496 e. The maximum absolute atomic E-state index is 14.9. The van der Waals surface area contributed by atoms with Gasteiger partial charge >= 0.3 is 5.92 Å². The van der Waals surface area contributed by atoms with Crippen molar-refractivity contribution in [1.82, 2.24) is 4.90 Å². The van der Waals surface area contributed by atoms with E-state index in [2.05, 4.69) is 0 Å². The lowest BCUT2D eigenvalue weighted by atomic mass is 9.93. The van der Waals surface area contributed by atoms with Gasteiger partial charge in [-0.3, -0.25) is 4.79 Å². The van der Waals surface area contributed by atoms with E-state index in [0.717, 1.165) is 17.4 Å². The molecule has 0 aliphatic carbocycles. The van der Waals surface area contributed by atoms with Crippen LogP contribution >= 0.6 is 11.6 Å². The zero-order chi connectivity index (χ0) is 18.1.